The Balaban J connectivity index is 2.26. The molecule has 0 aliphatic carbocycles. The predicted octanol–water partition coefficient (Wildman–Crippen LogP) is 0.914. The summed E-state index contributed by atoms with van der Waals surface area (Å²) in [5.41, 5.74) is 5.51. The van der Waals surface area contributed by atoms with Crippen LogP contribution in [0.2, 0.25) is 0 Å². The minimum absolute atomic E-state index is 0.130. The Labute approximate surface area is 85.6 Å². The lowest BCUT2D eigenvalue weighted by Crippen LogP contribution is -2.08. The quantitative estimate of drug-likeness (QED) is 0.723. The van der Waals surface area contributed by atoms with Gasteiger partial charge in [0.25, 0.3) is 6.43 Å². The van der Waals surface area contributed by atoms with Crippen LogP contribution < -0.4 is 5.73 Å². The molecule has 0 saturated carbocycles. The first-order chi connectivity index (χ1) is 7.09. The lowest BCUT2D eigenvalue weighted by atomic mass is 10.3. The molecule has 1 atom stereocenters. The van der Waals surface area contributed by atoms with E-state index in [2.05, 4.69) is 14.9 Å². The van der Waals surface area contributed by atoms with Crippen LogP contribution in [0.4, 0.5) is 8.78 Å². The van der Waals surface area contributed by atoms with Crippen molar-refractivity contribution in [2.45, 2.75) is 25.8 Å². The van der Waals surface area contributed by atoms with Crippen molar-refractivity contribution in [1.82, 2.24) is 10.1 Å². The molecule has 1 unspecified atom stereocenters. The zero-order valence-corrected chi connectivity index (χ0v) is 8.32. The Morgan fingerprint density at radius 3 is 2.80 bits per heavy atom. The molecule has 0 aromatic carbocycles. The van der Waals surface area contributed by atoms with E-state index in [1.54, 1.807) is 6.92 Å². The number of alkyl halides is 2. The van der Waals surface area contributed by atoms with Crippen molar-refractivity contribution in [3.63, 3.8) is 0 Å². The SMILES string of the molecule is CC(N)c1noc(CCOCC(F)F)n1. The van der Waals surface area contributed by atoms with Gasteiger partial charge in [-0.15, -0.1) is 0 Å². The molecule has 1 aromatic heterocycles. The minimum atomic E-state index is -2.45. The number of hydrogen-bond donors (Lipinski definition) is 1. The second-order valence-electron chi connectivity index (χ2n) is 3.05. The monoisotopic (exact) mass is 221 g/mol. The fraction of sp³-hybridized carbons (Fsp3) is 0.750. The van der Waals surface area contributed by atoms with Gasteiger partial charge in [0.2, 0.25) is 5.89 Å². The average Bonchev–Trinajstić information content (AvgIpc) is 2.60. The maximum absolute atomic E-state index is 11.7. The van der Waals surface area contributed by atoms with Gasteiger partial charge in [-0.05, 0) is 6.92 Å². The molecule has 7 heteroatoms. The lowest BCUT2D eigenvalue weighted by Gasteiger charge is -1.99. The zero-order chi connectivity index (χ0) is 11.3. The Hall–Kier alpha value is -1.08. The van der Waals surface area contributed by atoms with E-state index >= 15 is 0 Å². The molecule has 1 heterocycles. The first kappa shape index (κ1) is 12.0. The van der Waals surface area contributed by atoms with Gasteiger partial charge in [0.1, 0.15) is 6.61 Å². The number of nitrogens with zero attached hydrogens (tertiary/aromatic N) is 2. The fourth-order valence-electron chi connectivity index (χ4n) is 0.886. The van der Waals surface area contributed by atoms with Gasteiger partial charge in [-0.3, -0.25) is 0 Å². The van der Waals surface area contributed by atoms with Crippen LogP contribution >= 0.6 is 0 Å². The van der Waals surface area contributed by atoms with E-state index in [9.17, 15) is 8.78 Å². The fourth-order valence-corrected chi connectivity index (χ4v) is 0.886. The number of rotatable bonds is 6. The summed E-state index contributed by atoms with van der Waals surface area (Å²) in [6.45, 7) is 1.28. The third-order valence-corrected chi connectivity index (χ3v) is 1.60. The molecule has 0 amide bonds. The summed E-state index contributed by atoms with van der Waals surface area (Å²) in [6.07, 6.45) is -2.14. The molecular weight excluding hydrogens is 208 g/mol. The van der Waals surface area contributed by atoms with Crippen molar-refractivity contribution in [2.24, 2.45) is 5.73 Å². The lowest BCUT2D eigenvalue weighted by molar-refractivity contribution is 0.0171. The van der Waals surface area contributed by atoms with Gasteiger partial charge >= 0.3 is 0 Å². The molecule has 15 heavy (non-hydrogen) atoms. The van der Waals surface area contributed by atoms with Crippen LogP contribution in [-0.2, 0) is 11.2 Å². The molecule has 0 fully saturated rings. The smallest absolute Gasteiger partial charge is 0.261 e. The van der Waals surface area contributed by atoms with Gasteiger partial charge in [-0.25, -0.2) is 8.78 Å². The zero-order valence-electron chi connectivity index (χ0n) is 8.32. The van der Waals surface area contributed by atoms with Crippen molar-refractivity contribution in [3.05, 3.63) is 11.7 Å². The number of halogens is 2. The molecule has 1 aromatic rings. The highest BCUT2D eigenvalue weighted by Gasteiger charge is 2.10. The van der Waals surface area contributed by atoms with Crippen LogP contribution in [0, 0.1) is 0 Å². The molecule has 0 saturated heterocycles. The van der Waals surface area contributed by atoms with E-state index in [-0.39, 0.29) is 12.6 Å². The largest absolute Gasteiger partial charge is 0.375 e. The number of hydrogen-bond acceptors (Lipinski definition) is 5. The molecule has 0 aliphatic heterocycles. The molecule has 5 nitrogen and oxygen atoms in total. The van der Waals surface area contributed by atoms with Gasteiger partial charge < -0.3 is 15.0 Å². The van der Waals surface area contributed by atoms with Crippen LogP contribution in [0.25, 0.3) is 0 Å². The van der Waals surface area contributed by atoms with Crippen LogP contribution in [0.3, 0.4) is 0 Å². The highest BCUT2D eigenvalue weighted by Crippen LogP contribution is 2.05. The number of ether oxygens (including phenoxy) is 1. The Bertz CT molecular complexity index is 291. The minimum Gasteiger partial charge on any atom is -0.375 e. The Morgan fingerprint density at radius 2 is 2.27 bits per heavy atom. The predicted molar refractivity (Wildman–Crippen MR) is 47.4 cm³/mol. The van der Waals surface area contributed by atoms with Crippen molar-refractivity contribution in [2.75, 3.05) is 13.2 Å². The van der Waals surface area contributed by atoms with Crippen LogP contribution in [0.15, 0.2) is 4.52 Å². The molecule has 0 radical (unpaired) electrons. The first-order valence-electron chi connectivity index (χ1n) is 4.53. The third-order valence-electron chi connectivity index (χ3n) is 1.60. The van der Waals surface area contributed by atoms with Crippen LogP contribution in [0.5, 0.6) is 0 Å². The van der Waals surface area contributed by atoms with E-state index in [0.717, 1.165) is 0 Å². The van der Waals surface area contributed by atoms with Gasteiger partial charge in [-0.1, -0.05) is 5.16 Å². The Kier molecular flexibility index (Phi) is 4.57. The Morgan fingerprint density at radius 1 is 1.53 bits per heavy atom. The summed E-state index contributed by atoms with van der Waals surface area (Å²) >= 11 is 0. The molecule has 0 spiro atoms. The summed E-state index contributed by atoms with van der Waals surface area (Å²) in [4.78, 5) is 3.96. The van der Waals surface area contributed by atoms with Crippen molar-refractivity contribution < 1.29 is 18.0 Å². The highest BCUT2D eigenvalue weighted by atomic mass is 19.3. The molecule has 2 N–H and O–H groups in total. The third kappa shape index (κ3) is 4.30. The maximum Gasteiger partial charge on any atom is 0.261 e. The molecule has 1 rings (SSSR count). The highest BCUT2D eigenvalue weighted by molar-refractivity contribution is 4.90. The van der Waals surface area contributed by atoms with Crippen LogP contribution in [-0.4, -0.2) is 29.8 Å². The summed E-state index contributed by atoms with van der Waals surface area (Å²) < 4.78 is 32.8. The number of nitrogens with two attached hydrogens (primary N) is 1. The molecular formula is C8H13F2N3O2. The normalized spacial score (nSPS) is 13.4. The molecule has 86 valence electrons. The molecule has 0 aliphatic rings. The van der Waals surface area contributed by atoms with E-state index in [0.29, 0.717) is 18.1 Å². The van der Waals surface area contributed by atoms with Crippen molar-refractivity contribution in [3.8, 4) is 0 Å². The van der Waals surface area contributed by atoms with Gasteiger partial charge in [-0.2, -0.15) is 4.98 Å². The van der Waals surface area contributed by atoms with Crippen molar-refractivity contribution in [1.29, 1.82) is 0 Å². The summed E-state index contributed by atoms with van der Waals surface area (Å²) in [6, 6.07) is -0.301. The van der Waals surface area contributed by atoms with Gasteiger partial charge in [0, 0.05) is 0 Å². The van der Waals surface area contributed by atoms with E-state index in [1.807, 2.05) is 0 Å². The topological polar surface area (TPSA) is 74.2 Å². The first-order valence-corrected chi connectivity index (χ1v) is 4.53. The standard InChI is InChI=1S/C8H13F2N3O2/c1-5(11)8-12-7(15-13-8)2-3-14-4-6(9)10/h5-6H,2-4,11H2,1H3. The van der Waals surface area contributed by atoms with E-state index in [4.69, 9.17) is 10.3 Å². The van der Waals surface area contributed by atoms with E-state index in [1.165, 1.54) is 0 Å². The average molecular weight is 221 g/mol. The molecule has 0 bridgehead atoms. The summed E-state index contributed by atoms with van der Waals surface area (Å²) in [5, 5.41) is 3.61. The second-order valence-corrected chi connectivity index (χ2v) is 3.05. The summed E-state index contributed by atoms with van der Waals surface area (Å²) in [5.74, 6) is 0.746. The maximum atomic E-state index is 11.7. The van der Waals surface area contributed by atoms with Gasteiger partial charge in [0.15, 0.2) is 5.82 Å². The second kappa shape index (κ2) is 5.72. The van der Waals surface area contributed by atoms with Crippen LogP contribution in [0.1, 0.15) is 24.7 Å². The van der Waals surface area contributed by atoms with E-state index < -0.39 is 13.0 Å². The van der Waals surface area contributed by atoms with Gasteiger partial charge in [0.05, 0.1) is 19.1 Å². The number of aromatic nitrogens is 2. The van der Waals surface area contributed by atoms with Crippen molar-refractivity contribution >= 4 is 0 Å². The summed E-state index contributed by atoms with van der Waals surface area (Å²) in [7, 11) is 0.